The van der Waals surface area contributed by atoms with Crippen LogP contribution in [0, 0.1) is 0 Å². The molecule has 0 aliphatic rings. The van der Waals surface area contributed by atoms with Gasteiger partial charge in [-0.2, -0.15) is 0 Å². The lowest BCUT2D eigenvalue weighted by Gasteiger charge is -2.06. The fourth-order valence-corrected chi connectivity index (χ4v) is 0.988. The maximum Gasteiger partial charge on any atom is 0.152 e. The first-order valence-electron chi connectivity index (χ1n) is 4.01. The van der Waals surface area contributed by atoms with E-state index in [9.17, 15) is 4.79 Å². The highest BCUT2D eigenvalue weighted by atomic mass is 16.5. The summed E-state index contributed by atoms with van der Waals surface area (Å²) in [6, 6.07) is 3.38. The van der Waals surface area contributed by atoms with Crippen molar-refractivity contribution in [2.24, 2.45) is 0 Å². The highest BCUT2D eigenvalue weighted by molar-refractivity contribution is 5.81. The number of aromatic nitrogens is 1. The van der Waals surface area contributed by atoms with E-state index in [2.05, 4.69) is 11.6 Å². The van der Waals surface area contributed by atoms with Crippen LogP contribution in [-0.4, -0.2) is 17.9 Å². The van der Waals surface area contributed by atoms with Crippen LogP contribution in [0.4, 0.5) is 0 Å². The smallest absolute Gasteiger partial charge is 0.152 e. The van der Waals surface area contributed by atoms with Crippen LogP contribution < -0.4 is 0 Å². The molecule has 0 aliphatic carbocycles. The molecule has 13 heavy (non-hydrogen) atoms. The zero-order valence-electron chi connectivity index (χ0n) is 7.49. The average Bonchev–Trinajstić information content (AvgIpc) is 2.18. The first-order valence-corrected chi connectivity index (χ1v) is 4.01. The predicted octanol–water partition coefficient (Wildman–Crippen LogP) is 1.90. The molecule has 68 valence electrons. The van der Waals surface area contributed by atoms with Crippen LogP contribution in [0.15, 0.2) is 24.9 Å². The summed E-state index contributed by atoms with van der Waals surface area (Å²) in [6.45, 7) is 6.06. The molecule has 0 fully saturated rings. The zero-order chi connectivity index (χ0) is 9.68. The Balaban J connectivity index is 2.98. The van der Waals surface area contributed by atoms with Crippen molar-refractivity contribution in [1.29, 1.82) is 0 Å². The van der Waals surface area contributed by atoms with Crippen LogP contribution in [0.5, 0.6) is 0 Å². The third kappa shape index (κ3) is 2.15. The van der Waals surface area contributed by atoms with Gasteiger partial charge in [0.2, 0.25) is 0 Å². The lowest BCUT2D eigenvalue weighted by atomic mass is 10.2. The molecule has 0 aliphatic heterocycles. The van der Waals surface area contributed by atoms with E-state index < -0.39 is 0 Å². The number of rotatable bonds is 4. The molecule has 3 heteroatoms. The number of aldehydes is 1. The fourth-order valence-electron chi connectivity index (χ4n) is 0.988. The summed E-state index contributed by atoms with van der Waals surface area (Å²) in [5.74, 6) is 0.435. The molecule has 0 aromatic carbocycles. The summed E-state index contributed by atoms with van der Waals surface area (Å²) in [7, 11) is 0. The summed E-state index contributed by atoms with van der Waals surface area (Å²) >= 11 is 0. The zero-order valence-corrected chi connectivity index (χ0v) is 7.49. The molecule has 0 radical (unpaired) electrons. The molecule has 0 N–H and O–H groups in total. The van der Waals surface area contributed by atoms with Gasteiger partial charge in [-0.15, -0.1) is 0 Å². The van der Waals surface area contributed by atoms with Gasteiger partial charge in [0.15, 0.2) is 6.29 Å². The second-order valence-electron chi connectivity index (χ2n) is 2.42. The van der Waals surface area contributed by atoms with Gasteiger partial charge < -0.3 is 4.74 Å². The molecule has 0 unspecified atom stereocenters. The quantitative estimate of drug-likeness (QED) is 0.521. The van der Waals surface area contributed by atoms with Gasteiger partial charge >= 0.3 is 0 Å². The van der Waals surface area contributed by atoms with Crippen LogP contribution in [0.1, 0.15) is 23.0 Å². The van der Waals surface area contributed by atoms with Crippen LogP contribution in [-0.2, 0) is 4.74 Å². The number of pyridine rings is 1. The number of ether oxygens (including phenoxy) is 1. The molecule has 3 nitrogen and oxygen atoms in total. The summed E-state index contributed by atoms with van der Waals surface area (Å²) in [5, 5.41) is 0. The van der Waals surface area contributed by atoms with Crippen molar-refractivity contribution in [2.75, 3.05) is 6.61 Å². The van der Waals surface area contributed by atoms with Crippen molar-refractivity contribution in [3.63, 3.8) is 0 Å². The standard InChI is InChI=1S/C10H11NO2/c1-3-13-8(2)10-9(7-12)5-4-6-11-10/h4-7H,2-3H2,1H3. The Kier molecular flexibility index (Phi) is 3.20. The molecular formula is C10H11NO2. The van der Waals surface area contributed by atoms with Crippen LogP contribution in [0.3, 0.4) is 0 Å². The van der Waals surface area contributed by atoms with Crippen LogP contribution >= 0.6 is 0 Å². The second-order valence-corrected chi connectivity index (χ2v) is 2.42. The van der Waals surface area contributed by atoms with Gasteiger partial charge in [-0.3, -0.25) is 9.78 Å². The molecule has 1 heterocycles. The maximum absolute atomic E-state index is 10.6. The highest BCUT2D eigenvalue weighted by Crippen LogP contribution is 2.13. The number of hydrogen-bond acceptors (Lipinski definition) is 3. The summed E-state index contributed by atoms with van der Waals surface area (Å²) < 4.78 is 5.15. The van der Waals surface area contributed by atoms with Gasteiger partial charge in [0.1, 0.15) is 11.5 Å². The number of carbonyl (C=O) groups excluding carboxylic acids is 1. The number of carbonyl (C=O) groups is 1. The lowest BCUT2D eigenvalue weighted by Crippen LogP contribution is -1.98. The Morgan fingerprint density at radius 3 is 3.15 bits per heavy atom. The van der Waals surface area contributed by atoms with Gasteiger partial charge in [0.25, 0.3) is 0 Å². The van der Waals surface area contributed by atoms with E-state index in [1.807, 2.05) is 6.92 Å². The van der Waals surface area contributed by atoms with E-state index in [-0.39, 0.29) is 0 Å². The minimum Gasteiger partial charge on any atom is -0.492 e. The molecule has 1 rings (SSSR count). The van der Waals surface area contributed by atoms with Gasteiger partial charge in [0.05, 0.1) is 6.61 Å². The molecule has 0 atom stereocenters. The molecule has 0 saturated heterocycles. The summed E-state index contributed by atoms with van der Waals surface area (Å²) in [4.78, 5) is 14.6. The van der Waals surface area contributed by atoms with Crippen molar-refractivity contribution in [3.05, 3.63) is 36.2 Å². The Morgan fingerprint density at radius 2 is 2.54 bits per heavy atom. The molecule has 1 aromatic heterocycles. The summed E-state index contributed by atoms with van der Waals surface area (Å²) in [6.07, 6.45) is 2.35. The molecule has 0 amide bonds. The van der Waals surface area contributed by atoms with Gasteiger partial charge in [-0.25, -0.2) is 0 Å². The van der Waals surface area contributed by atoms with Crippen molar-refractivity contribution in [2.45, 2.75) is 6.92 Å². The maximum atomic E-state index is 10.6. The van der Waals surface area contributed by atoms with Crippen molar-refractivity contribution >= 4 is 12.0 Å². The molecule has 0 spiro atoms. The van der Waals surface area contributed by atoms with E-state index in [0.29, 0.717) is 23.6 Å². The Labute approximate surface area is 77.1 Å². The normalized spacial score (nSPS) is 9.31. The van der Waals surface area contributed by atoms with E-state index in [4.69, 9.17) is 4.74 Å². The minimum absolute atomic E-state index is 0.435. The SMILES string of the molecule is C=C(OCC)c1ncccc1C=O. The molecule has 1 aromatic rings. The Bertz CT molecular complexity index is 320. The average molecular weight is 177 g/mol. The lowest BCUT2D eigenvalue weighted by molar-refractivity contribution is 0.112. The first kappa shape index (κ1) is 9.45. The highest BCUT2D eigenvalue weighted by Gasteiger charge is 2.06. The van der Waals surface area contributed by atoms with E-state index in [0.717, 1.165) is 6.29 Å². The monoisotopic (exact) mass is 177 g/mol. The van der Waals surface area contributed by atoms with Crippen molar-refractivity contribution in [3.8, 4) is 0 Å². The Hall–Kier alpha value is -1.64. The Morgan fingerprint density at radius 1 is 1.77 bits per heavy atom. The number of nitrogens with zero attached hydrogens (tertiary/aromatic N) is 1. The van der Waals surface area contributed by atoms with Gasteiger partial charge in [-0.05, 0) is 19.1 Å². The van der Waals surface area contributed by atoms with Crippen LogP contribution in [0.2, 0.25) is 0 Å². The third-order valence-corrected chi connectivity index (χ3v) is 1.55. The topological polar surface area (TPSA) is 39.2 Å². The number of hydrogen-bond donors (Lipinski definition) is 0. The molecule has 0 saturated carbocycles. The minimum atomic E-state index is 0.435. The van der Waals surface area contributed by atoms with Crippen LogP contribution in [0.25, 0.3) is 5.76 Å². The van der Waals surface area contributed by atoms with E-state index in [1.165, 1.54) is 0 Å². The van der Waals surface area contributed by atoms with Gasteiger partial charge in [0, 0.05) is 11.8 Å². The summed E-state index contributed by atoms with van der Waals surface area (Å²) in [5.41, 5.74) is 1.01. The first-order chi connectivity index (χ1) is 6.29. The predicted molar refractivity (Wildman–Crippen MR) is 50.3 cm³/mol. The van der Waals surface area contributed by atoms with E-state index >= 15 is 0 Å². The second kappa shape index (κ2) is 4.40. The molecule has 0 bridgehead atoms. The van der Waals surface area contributed by atoms with E-state index in [1.54, 1.807) is 18.3 Å². The van der Waals surface area contributed by atoms with Crippen molar-refractivity contribution < 1.29 is 9.53 Å². The fraction of sp³-hybridized carbons (Fsp3) is 0.200. The van der Waals surface area contributed by atoms with Gasteiger partial charge in [-0.1, -0.05) is 6.58 Å². The third-order valence-electron chi connectivity index (χ3n) is 1.55. The molecular weight excluding hydrogens is 166 g/mol. The largest absolute Gasteiger partial charge is 0.492 e. The van der Waals surface area contributed by atoms with Crippen molar-refractivity contribution in [1.82, 2.24) is 4.98 Å².